The maximum atomic E-state index is 13.2. The van der Waals surface area contributed by atoms with Crippen molar-refractivity contribution in [3.63, 3.8) is 0 Å². The number of hydrogen-bond acceptors (Lipinski definition) is 8. The summed E-state index contributed by atoms with van der Waals surface area (Å²) in [6.07, 6.45) is 79.3. The first-order chi connectivity index (χ1) is 42.3. The van der Waals surface area contributed by atoms with Crippen molar-refractivity contribution in [2.75, 3.05) is 13.2 Å². The Morgan fingerprint density at radius 1 is 0.349 bits per heavy atom. The lowest BCUT2D eigenvalue weighted by molar-refractivity contribution is -0.302. The van der Waals surface area contributed by atoms with Gasteiger partial charge in [-0.2, -0.15) is 0 Å². The van der Waals surface area contributed by atoms with Crippen LogP contribution in [0.3, 0.4) is 0 Å². The Labute approximate surface area is 535 Å². The van der Waals surface area contributed by atoms with E-state index in [2.05, 4.69) is 19.2 Å². The molecule has 1 aliphatic heterocycles. The molecule has 1 amide bonds. The van der Waals surface area contributed by atoms with Gasteiger partial charge in [-0.05, 0) is 12.8 Å². The lowest BCUT2D eigenvalue weighted by atomic mass is 9.99. The third-order valence-corrected chi connectivity index (χ3v) is 19.5. The van der Waals surface area contributed by atoms with E-state index in [1.54, 1.807) is 0 Å². The van der Waals surface area contributed by atoms with E-state index in [0.29, 0.717) is 12.8 Å². The van der Waals surface area contributed by atoms with Gasteiger partial charge in [0.15, 0.2) is 6.29 Å². The van der Waals surface area contributed by atoms with E-state index < -0.39 is 49.5 Å². The quantitative estimate of drug-likeness (QED) is 0.0330. The van der Waals surface area contributed by atoms with Gasteiger partial charge in [0.25, 0.3) is 0 Å². The Hall–Kier alpha value is -0.810. The molecule has 1 saturated heterocycles. The minimum Gasteiger partial charge on any atom is -0.394 e. The molecule has 514 valence electrons. The highest BCUT2D eigenvalue weighted by atomic mass is 16.7. The van der Waals surface area contributed by atoms with Crippen LogP contribution in [0.1, 0.15) is 431 Å². The van der Waals surface area contributed by atoms with Gasteiger partial charge in [0.2, 0.25) is 5.91 Å². The molecule has 0 aliphatic carbocycles. The topological polar surface area (TPSA) is 149 Å². The second-order valence-electron chi connectivity index (χ2n) is 27.9. The molecule has 9 nitrogen and oxygen atoms in total. The van der Waals surface area contributed by atoms with Crippen LogP contribution < -0.4 is 5.32 Å². The summed E-state index contributed by atoms with van der Waals surface area (Å²) in [6.45, 7) is 3.92. The number of ether oxygens (including phenoxy) is 2. The van der Waals surface area contributed by atoms with Gasteiger partial charge in [0.05, 0.1) is 25.4 Å². The number of aliphatic hydroxyl groups is 5. The first kappa shape index (κ1) is 83.2. The minimum absolute atomic E-state index is 0.130. The van der Waals surface area contributed by atoms with E-state index in [4.69, 9.17) is 9.47 Å². The summed E-state index contributed by atoms with van der Waals surface area (Å²) in [5.41, 5.74) is 0. The predicted octanol–water partition coefficient (Wildman–Crippen LogP) is 22.0. The first-order valence-electron chi connectivity index (χ1n) is 39.2. The maximum absolute atomic E-state index is 13.2. The SMILES string of the molecule is CCCCCCCCCCCCCCCCCCCCCCCCCCCCCCCCCCCCCCCC(=O)NC(COC1OC(CO)C(O)C(O)C1O)C(O)CCCCCCCCCCCCCCCCCCCCCCCCCCCC. The van der Waals surface area contributed by atoms with Crippen molar-refractivity contribution in [2.24, 2.45) is 0 Å². The molecule has 0 aromatic carbocycles. The Kier molecular flexibility index (Phi) is 64.9. The molecule has 1 rings (SSSR count). The second-order valence-corrected chi connectivity index (χ2v) is 27.9. The number of nitrogens with one attached hydrogen (secondary N) is 1. The molecule has 6 N–H and O–H groups in total. The largest absolute Gasteiger partial charge is 0.394 e. The molecule has 0 saturated carbocycles. The number of hydrogen-bond donors (Lipinski definition) is 6. The van der Waals surface area contributed by atoms with E-state index in [-0.39, 0.29) is 12.5 Å². The van der Waals surface area contributed by atoms with Crippen LogP contribution in [0.25, 0.3) is 0 Å². The number of carbonyl (C=O) groups excluding carboxylic acids is 1. The predicted molar refractivity (Wildman–Crippen MR) is 369 cm³/mol. The smallest absolute Gasteiger partial charge is 0.220 e. The van der Waals surface area contributed by atoms with Crippen molar-refractivity contribution in [1.29, 1.82) is 0 Å². The van der Waals surface area contributed by atoms with Gasteiger partial charge in [-0.25, -0.2) is 0 Å². The number of rotatable bonds is 71. The van der Waals surface area contributed by atoms with Crippen molar-refractivity contribution in [3.05, 3.63) is 0 Å². The zero-order valence-electron chi connectivity index (χ0n) is 57.9. The molecule has 1 fully saturated rings. The molecule has 1 aliphatic rings. The number of unbranched alkanes of at least 4 members (excludes halogenated alkanes) is 61. The van der Waals surface area contributed by atoms with E-state index in [1.165, 1.54) is 366 Å². The van der Waals surface area contributed by atoms with Crippen LogP contribution in [0.15, 0.2) is 0 Å². The lowest BCUT2D eigenvalue weighted by Crippen LogP contribution is -2.60. The van der Waals surface area contributed by atoms with Crippen LogP contribution in [0.5, 0.6) is 0 Å². The standard InChI is InChI=1S/C77H153NO8/c1-3-5-7-9-11-13-15-17-19-21-23-25-27-29-31-32-33-34-35-36-37-38-39-40-41-43-45-47-49-51-53-55-57-59-61-63-65-67-73(81)78-70(69-85-77-76(84)75(83)74(82)72(68-79)86-77)71(80)66-64-62-60-58-56-54-52-50-48-46-44-42-30-28-26-24-22-20-18-16-14-12-10-8-6-4-2/h70-72,74-77,79-80,82-84H,3-69H2,1-2H3,(H,78,81). The fourth-order valence-corrected chi connectivity index (χ4v) is 13.3. The summed E-state index contributed by atoms with van der Waals surface area (Å²) in [7, 11) is 0. The molecule has 1 heterocycles. The Morgan fingerprint density at radius 2 is 0.581 bits per heavy atom. The Bertz CT molecular complexity index is 1320. The molecule has 0 aromatic rings. The molecular formula is C77H153NO8. The van der Waals surface area contributed by atoms with Crippen LogP contribution >= 0.6 is 0 Å². The summed E-state index contributed by atoms with van der Waals surface area (Å²) in [4.78, 5) is 13.2. The molecule has 0 spiro atoms. The normalized spacial score (nSPS) is 17.9. The monoisotopic (exact) mass is 1220 g/mol. The second kappa shape index (κ2) is 67.1. The molecule has 9 heteroatoms. The molecule has 86 heavy (non-hydrogen) atoms. The summed E-state index contributed by atoms with van der Waals surface area (Å²) in [5, 5.41) is 55.0. The molecule has 0 bridgehead atoms. The fourth-order valence-electron chi connectivity index (χ4n) is 13.3. The van der Waals surface area contributed by atoms with Gasteiger partial charge in [-0.3, -0.25) is 4.79 Å². The van der Waals surface area contributed by atoms with Crippen molar-refractivity contribution >= 4 is 5.91 Å². The van der Waals surface area contributed by atoms with Crippen molar-refractivity contribution in [3.8, 4) is 0 Å². The van der Waals surface area contributed by atoms with Gasteiger partial charge in [0, 0.05) is 6.42 Å². The highest BCUT2D eigenvalue weighted by Crippen LogP contribution is 2.24. The van der Waals surface area contributed by atoms with E-state index in [0.717, 1.165) is 38.5 Å². The van der Waals surface area contributed by atoms with E-state index in [1.807, 2.05) is 0 Å². The van der Waals surface area contributed by atoms with Crippen LogP contribution in [-0.2, 0) is 14.3 Å². The van der Waals surface area contributed by atoms with Gasteiger partial charge in [0.1, 0.15) is 24.4 Å². The summed E-state index contributed by atoms with van der Waals surface area (Å²) < 4.78 is 11.4. The molecular weight excluding hydrogens is 1070 g/mol. The summed E-state index contributed by atoms with van der Waals surface area (Å²) in [6, 6.07) is -0.716. The summed E-state index contributed by atoms with van der Waals surface area (Å²) >= 11 is 0. The van der Waals surface area contributed by atoms with Crippen LogP contribution in [0, 0.1) is 0 Å². The van der Waals surface area contributed by atoms with Crippen molar-refractivity contribution < 1.29 is 39.8 Å². The lowest BCUT2D eigenvalue weighted by Gasteiger charge is -2.40. The van der Waals surface area contributed by atoms with Crippen molar-refractivity contribution in [2.45, 2.75) is 474 Å². The molecule has 0 radical (unpaired) electrons. The fraction of sp³-hybridized carbons (Fsp3) is 0.987. The first-order valence-corrected chi connectivity index (χ1v) is 39.2. The molecule has 7 atom stereocenters. The van der Waals surface area contributed by atoms with Crippen molar-refractivity contribution in [1.82, 2.24) is 5.32 Å². The maximum Gasteiger partial charge on any atom is 0.220 e. The Balaban J connectivity index is 2.03. The van der Waals surface area contributed by atoms with Crippen LogP contribution in [0.2, 0.25) is 0 Å². The van der Waals surface area contributed by atoms with Gasteiger partial charge < -0.3 is 40.3 Å². The van der Waals surface area contributed by atoms with Gasteiger partial charge in [-0.15, -0.1) is 0 Å². The third-order valence-electron chi connectivity index (χ3n) is 19.5. The Morgan fingerprint density at radius 3 is 0.826 bits per heavy atom. The van der Waals surface area contributed by atoms with Gasteiger partial charge in [-0.1, -0.05) is 412 Å². The minimum atomic E-state index is -1.55. The van der Waals surface area contributed by atoms with Gasteiger partial charge >= 0.3 is 0 Å². The zero-order valence-corrected chi connectivity index (χ0v) is 57.9. The average Bonchev–Trinajstić information content (AvgIpc) is 2.44. The number of aliphatic hydroxyl groups excluding tert-OH is 5. The highest BCUT2D eigenvalue weighted by Gasteiger charge is 2.44. The number of amides is 1. The highest BCUT2D eigenvalue weighted by molar-refractivity contribution is 5.76. The zero-order chi connectivity index (χ0) is 62.1. The number of carbonyl (C=O) groups is 1. The van der Waals surface area contributed by atoms with Crippen LogP contribution in [0.4, 0.5) is 0 Å². The molecule has 7 unspecified atom stereocenters. The van der Waals surface area contributed by atoms with Crippen LogP contribution in [-0.4, -0.2) is 87.5 Å². The van der Waals surface area contributed by atoms with E-state index in [9.17, 15) is 30.3 Å². The third kappa shape index (κ3) is 54.9. The molecule has 0 aromatic heterocycles. The summed E-state index contributed by atoms with van der Waals surface area (Å²) in [5.74, 6) is -0.132. The average molecular weight is 1220 g/mol. The van der Waals surface area contributed by atoms with E-state index >= 15 is 0 Å².